The molecule has 7 heteroatoms. The molecule has 6 nitrogen and oxygen atoms in total. The molecule has 21 heavy (non-hydrogen) atoms. The molecule has 1 aromatic carbocycles. The quantitative estimate of drug-likeness (QED) is 0.768. The van der Waals surface area contributed by atoms with Crippen molar-refractivity contribution in [3.05, 3.63) is 35.9 Å². The molecule has 0 aromatic heterocycles. The van der Waals surface area contributed by atoms with Crippen LogP contribution in [0.3, 0.4) is 0 Å². The first-order chi connectivity index (χ1) is 10.1. The molecule has 0 aliphatic carbocycles. The molecule has 0 radical (unpaired) electrons. The van der Waals surface area contributed by atoms with Gasteiger partial charge in [0.25, 0.3) is 5.91 Å². The van der Waals surface area contributed by atoms with E-state index in [2.05, 4.69) is 10.0 Å². The average Bonchev–Trinajstić information content (AvgIpc) is 2.99. The number of benzene rings is 1. The molecule has 1 saturated heterocycles. The predicted molar refractivity (Wildman–Crippen MR) is 79.5 cm³/mol. The van der Waals surface area contributed by atoms with Crippen molar-refractivity contribution < 1.29 is 17.9 Å². The van der Waals surface area contributed by atoms with Crippen molar-refractivity contribution in [2.75, 3.05) is 25.4 Å². The first-order valence-electron chi connectivity index (χ1n) is 6.99. The van der Waals surface area contributed by atoms with Crippen LogP contribution in [0.4, 0.5) is 0 Å². The maximum Gasteiger partial charge on any atom is 0.251 e. The summed E-state index contributed by atoms with van der Waals surface area (Å²) >= 11 is 0. The molecule has 1 aliphatic rings. The highest BCUT2D eigenvalue weighted by Gasteiger charge is 2.18. The van der Waals surface area contributed by atoms with Crippen molar-refractivity contribution in [3.63, 3.8) is 0 Å². The highest BCUT2D eigenvalue weighted by atomic mass is 32.2. The van der Waals surface area contributed by atoms with Gasteiger partial charge in [-0.15, -0.1) is 0 Å². The Kier molecular flexibility index (Phi) is 5.72. The Morgan fingerprint density at radius 1 is 1.29 bits per heavy atom. The number of carbonyl (C=O) groups is 1. The summed E-state index contributed by atoms with van der Waals surface area (Å²) < 4.78 is 31.4. The fraction of sp³-hybridized carbons (Fsp3) is 0.500. The molecule has 1 amide bonds. The Morgan fingerprint density at radius 2 is 2.05 bits per heavy atom. The first kappa shape index (κ1) is 15.9. The molecule has 1 atom stereocenters. The third-order valence-corrected chi connectivity index (χ3v) is 4.60. The van der Waals surface area contributed by atoms with Crippen LogP contribution in [0.2, 0.25) is 0 Å². The molecule has 1 unspecified atom stereocenters. The van der Waals surface area contributed by atoms with Gasteiger partial charge in [0, 0.05) is 25.3 Å². The first-order valence-corrected chi connectivity index (χ1v) is 8.64. The van der Waals surface area contributed by atoms with Gasteiger partial charge in [-0.1, -0.05) is 18.2 Å². The van der Waals surface area contributed by atoms with Crippen LogP contribution in [-0.2, 0) is 14.8 Å². The SMILES string of the molecule is O=C(NCCS(=O)(=O)NCC1CCCO1)c1ccccc1. The lowest BCUT2D eigenvalue weighted by Gasteiger charge is -2.11. The number of hydrogen-bond acceptors (Lipinski definition) is 4. The number of amides is 1. The molecule has 1 fully saturated rings. The minimum atomic E-state index is -3.39. The van der Waals surface area contributed by atoms with E-state index in [1.807, 2.05) is 6.07 Å². The zero-order valence-electron chi connectivity index (χ0n) is 11.7. The normalized spacial score (nSPS) is 18.6. The Morgan fingerprint density at radius 3 is 2.71 bits per heavy atom. The van der Waals surface area contributed by atoms with Crippen LogP contribution < -0.4 is 10.0 Å². The number of nitrogens with one attached hydrogen (secondary N) is 2. The van der Waals surface area contributed by atoms with Gasteiger partial charge < -0.3 is 10.1 Å². The highest BCUT2D eigenvalue weighted by molar-refractivity contribution is 7.89. The number of rotatable bonds is 7. The average molecular weight is 312 g/mol. The molecule has 0 spiro atoms. The largest absolute Gasteiger partial charge is 0.377 e. The van der Waals surface area contributed by atoms with Gasteiger partial charge in [-0.3, -0.25) is 4.79 Å². The van der Waals surface area contributed by atoms with E-state index in [-0.39, 0.29) is 24.3 Å². The summed E-state index contributed by atoms with van der Waals surface area (Å²) in [6.07, 6.45) is 1.82. The summed E-state index contributed by atoms with van der Waals surface area (Å²) in [4.78, 5) is 11.8. The van der Waals surface area contributed by atoms with Crippen molar-refractivity contribution in [3.8, 4) is 0 Å². The fourth-order valence-corrected chi connectivity index (χ4v) is 3.04. The van der Waals surface area contributed by atoms with Gasteiger partial charge in [0.15, 0.2) is 0 Å². The second-order valence-corrected chi connectivity index (χ2v) is 6.85. The van der Waals surface area contributed by atoms with Crippen molar-refractivity contribution >= 4 is 15.9 Å². The monoisotopic (exact) mass is 312 g/mol. The maximum absolute atomic E-state index is 11.8. The van der Waals surface area contributed by atoms with Gasteiger partial charge in [0.1, 0.15) is 0 Å². The zero-order valence-corrected chi connectivity index (χ0v) is 12.6. The highest BCUT2D eigenvalue weighted by Crippen LogP contribution is 2.10. The van der Waals surface area contributed by atoms with Gasteiger partial charge in [-0.2, -0.15) is 0 Å². The molecule has 2 N–H and O–H groups in total. The number of ether oxygens (including phenoxy) is 1. The van der Waals surface area contributed by atoms with Crippen molar-refractivity contribution in [1.82, 2.24) is 10.0 Å². The second kappa shape index (κ2) is 7.53. The number of hydrogen-bond donors (Lipinski definition) is 2. The number of carbonyl (C=O) groups excluding carboxylic acids is 1. The van der Waals surface area contributed by atoms with Crippen LogP contribution in [0.5, 0.6) is 0 Å². The van der Waals surface area contributed by atoms with Gasteiger partial charge in [0.05, 0.1) is 11.9 Å². The van der Waals surface area contributed by atoms with Crippen LogP contribution in [-0.4, -0.2) is 45.9 Å². The van der Waals surface area contributed by atoms with E-state index in [9.17, 15) is 13.2 Å². The minimum absolute atomic E-state index is 0.0290. The number of sulfonamides is 1. The van der Waals surface area contributed by atoms with E-state index in [0.717, 1.165) is 12.8 Å². The van der Waals surface area contributed by atoms with E-state index in [1.165, 1.54) is 0 Å². The molecular weight excluding hydrogens is 292 g/mol. The summed E-state index contributed by atoms with van der Waals surface area (Å²) in [6, 6.07) is 8.69. The van der Waals surface area contributed by atoms with Crippen LogP contribution >= 0.6 is 0 Å². The molecule has 1 aromatic rings. The molecule has 0 bridgehead atoms. The van der Waals surface area contributed by atoms with E-state index >= 15 is 0 Å². The van der Waals surface area contributed by atoms with Crippen molar-refractivity contribution in [2.45, 2.75) is 18.9 Å². The maximum atomic E-state index is 11.8. The summed E-state index contributed by atoms with van der Waals surface area (Å²) in [5.74, 6) is -0.414. The molecular formula is C14H20N2O4S. The van der Waals surface area contributed by atoms with Gasteiger partial charge in [-0.25, -0.2) is 13.1 Å². The van der Waals surface area contributed by atoms with Crippen LogP contribution in [0, 0.1) is 0 Å². The Balaban J connectivity index is 1.70. The van der Waals surface area contributed by atoms with E-state index < -0.39 is 10.0 Å². The molecule has 0 saturated carbocycles. The van der Waals surface area contributed by atoms with Crippen LogP contribution in [0.15, 0.2) is 30.3 Å². The molecule has 2 rings (SSSR count). The lowest BCUT2D eigenvalue weighted by atomic mass is 10.2. The topological polar surface area (TPSA) is 84.5 Å². The van der Waals surface area contributed by atoms with Gasteiger partial charge in [-0.05, 0) is 25.0 Å². The Bertz CT molecular complexity index is 554. The Hall–Kier alpha value is -1.44. The third-order valence-electron chi connectivity index (χ3n) is 3.25. The fourth-order valence-electron chi connectivity index (χ4n) is 2.09. The minimum Gasteiger partial charge on any atom is -0.377 e. The molecule has 1 aliphatic heterocycles. The Labute approximate surface area is 124 Å². The summed E-state index contributed by atoms with van der Waals surface area (Å²) in [6.45, 7) is 1.07. The van der Waals surface area contributed by atoms with E-state index in [4.69, 9.17) is 4.74 Å². The smallest absolute Gasteiger partial charge is 0.251 e. The summed E-state index contributed by atoms with van der Waals surface area (Å²) in [5.41, 5.74) is 0.516. The van der Waals surface area contributed by atoms with Crippen LogP contribution in [0.25, 0.3) is 0 Å². The lowest BCUT2D eigenvalue weighted by Crippen LogP contribution is -2.37. The molecule has 116 valence electrons. The van der Waals surface area contributed by atoms with E-state index in [1.54, 1.807) is 24.3 Å². The van der Waals surface area contributed by atoms with Gasteiger partial charge in [0.2, 0.25) is 10.0 Å². The zero-order chi connectivity index (χ0) is 15.1. The van der Waals surface area contributed by atoms with Crippen molar-refractivity contribution in [2.24, 2.45) is 0 Å². The summed E-state index contributed by atoms with van der Waals surface area (Å²) in [7, 11) is -3.39. The lowest BCUT2D eigenvalue weighted by molar-refractivity contribution is 0.0956. The third kappa shape index (κ3) is 5.45. The van der Waals surface area contributed by atoms with Crippen molar-refractivity contribution in [1.29, 1.82) is 0 Å². The van der Waals surface area contributed by atoms with Gasteiger partial charge >= 0.3 is 0 Å². The van der Waals surface area contributed by atoms with E-state index in [0.29, 0.717) is 18.7 Å². The molecule has 1 heterocycles. The standard InChI is InChI=1S/C14H20N2O4S/c17-14(12-5-2-1-3-6-12)15-8-10-21(18,19)16-11-13-7-4-9-20-13/h1-3,5-6,13,16H,4,7-11H2,(H,15,17). The summed E-state index contributed by atoms with van der Waals surface area (Å²) in [5, 5.41) is 2.59. The predicted octanol–water partition coefficient (Wildman–Crippen LogP) is 0.515. The van der Waals surface area contributed by atoms with Crippen LogP contribution in [0.1, 0.15) is 23.2 Å². The second-order valence-electron chi connectivity index (χ2n) is 4.92.